The first-order valence-corrected chi connectivity index (χ1v) is 6.64. The fourth-order valence-corrected chi connectivity index (χ4v) is 2.42. The number of thiazole rings is 1. The van der Waals surface area contributed by atoms with Crippen molar-refractivity contribution in [3.05, 3.63) is 45.9 Å². The van der Waals surface area contributed by atoms with Gasteiger partial charge in [-0.25, -0.2) is 4.98 Å². The number of aromatic nitrogens is 1. The highest BCUT2D eigenvalue weighted by Crippen LogP contribution is 2.34. The molecule has 0 saturated carbocycles. The molecule has 0 aliphatic heterocycles. The minimum Gasteiger partial charge on any atom is -0.377 e. The SMILES string of the molecule is Cc1ccc(NC(C)c2cscn2)cc1C(F)(F)F. The predicted octanol–water partition coefficient (Wildman–Crippen LogP) is 4.64. The van der Waals surface area contributed by atoms with Gasteiger partial charge in [-0.3, -0.25) is 0 Å². The van der Waals surface area contributed by atoms with E-state index in [1.807, 2.05) is 12.3 Å². The van der Waals surface area contributed by atoms with Crippen LogP contribution in [0.15, 0.2) is 29.1 Å². The zero-order valence-corrected chi connectivity index (χ0v) is 11.3. The van der Waals surface area contributed by atoms with Crippen LogP contribution in [-0.4, -0.2) is 4.98 Å². The molecule has 2 nitrogen and oxygen atoms in total. The van der Waals surface area contributed by atoms with Gasteiger partial charge in [-0.1, -0.05) is 6.07 Å². The highest BCUT2D eigenvalue weighted by molar-refractivity contribution is 7.07. The summed E-state index contributed by atoms with van der Waals surface area (Å²) in [6.45, 7) is 3.32. The summed E-state index contributed by atoms with van der Waals surface area (Å²) in [5.41, 5.74) is 2.57. The topological polar surface area (TPSA) is 24.9 Å². The lowest BCUT2D eigenvalue weighted by molar-refractivity contribution is -0.138. The van der Waals surface area contributed by atoms with Gasteiger partial charge >= 0.3 is 6.18 Å². The van der Waals surface area contributed by atoms with Gasteiger partial charge in [0.05, 0.1) is 22.8 Å². The summed E-state index contributed by atoms with van der Waals surface area (Å²) < 4.78 is 38.4. The van der Waals surface area contributed by atoms with E-state index in [0.717, 1.165) is 11.8 Å². The van der Waals surface area contributed by atoms with E-state index in [1.165, 1.54) is 24.3 Å². The molecule has 0 radical (unpaired) electrons. The number of nitrogens with zero attached hydrogens (tertiary/aromatic N) is 1. The van der Waals surface area contributed by atoms with E-state index in [-0.39, 0.29) is 11.6 Å². The summed E-state index contributed by atoms with van der Waals surface area (Å²) in [4.78, 5) is 4.13. The average molecular weight is 286 g/mol. The molecule has 1 unspecified atom stereocenters. The van der Waals surface area contributed by atoms with Crippen LogP contribution in [-0.2, 0) is 6.18 Å². The summed E-state index contributed by atoms with van der Waals surface area (Å²) in [6.07, 6.45) is -4.33. The molecule has 1 heterocycles. The van der Waals surface area contributed by atoms with Crippen LogP contribution in [0.25, 0.3) is 0 Å². The second kappa shape index (κ2) is 5.21. The third-order valence-electron chi connectivity index (χ3n) is 2.82. The van der Waals surface area contributed by atoms with Crippen molar-refractivity contribution in [2.24, 2.45) is 0 Å². The minimum absolute atomic E-state index is 0.130. The van der Waals surface area contributed by atoms with Gasteiger partial charge in [-0.2, -0.15) is 13.2 Å². The van der Waals surface area contributed by atoms with E-state index in [9.17, 15) is 13.2 Å². The summed E-state index contributed by atoms with van der Waals surface area (Å²) in [6, 6.07) is 4.12. The fourth-order valence-electron chi connectivity index (χ4n) is 1.78. The zero-order chi connectivity index (χ0) is 14.0. The highest BCUT2D eigenvalue weighted by atomic mass is 32.1. The number of hydrogen-bond donors (Lipinski definition) is 1. The first-order valence-electron chi connectivity index (χ1n) is 5.70. The van der Waals surface area contributed by atoms with Crippen LogP contribution in [0.4, 0.5) is 18.9 Å². The van der Waals surface area contributed by atoms with Crippen LogP contribution in [0.2, 0.25) is 0 Å². The quantitative estimate of drug-likeness (QED) is 0.888. The first-order chi connectivity index (χ1) is 8.88. The maximum Gasteiger partial charge on any atom is 0.416 e. The monoisotopic (exact) mass is 286 g/mol. The van der Waals surface area contributed by atoms with Crippen molar-refractivity contribution in [3.8, 4) is 0 Å². The Balaban J connectivity index is 2.22. The summed E-state index contributed by atoms with van der Waals surface area (Å²) in [5.74, 6) is 0. The molecule has 0 aliphatic rings. The Morgan fingerprint density at radius 3 is 2.63 bits per heavy atom. The Kier molecular flexibility index (Phi) is 3.80. The van der Waals surface area contributed by atoms with E-state index < -0.39 is 11.7 Å². The largest absolute Gasteiger partial charge is 0.416 e. The standard InChI is InChI=1S/C13H13F3N2S/c1-8-3-4-10(5-11(8)13(14,15)16)18-9(2)12-6-19-7-17-12/h3-7,9,18H,1-2H3. The third-order valence-corrected chi connectivity index (χ3v) is 3.43. The van der Waals surface area contributed by atoms with Crippen molar-refractivity contribution in [1.82, 2.24) is 4.98 Å². The lowest BCUT2D eigenvalue weighted by Crippen LogP contribution is -2.11. The van der Waals surface area contributed by atoms with Gasteiger partial charge in [0.1, 0.15) is 0 Å². The van der Waals surface area contributed by atoms with Gasteiger partial charge in [0.2, 0.25) is 0 Å². The molecule has 2 rings (SSSR count). The second-order valence-corrected chi connectivity index (χ2v) is 5.03. The smallest absolute Gasteiger partial charge is 0.377 e. The molecule has 1 aromatic heterocycles. The maximum atomic E-state index is 12.8. The summed E-state index contributed by atoms with van der Waals surface area (Å²) in [5, 5.41) is 4.90. The van der Waals surface area contributed by atoms with Crippen molar-refractivity contribution < 1.29 is 13.2 Å². The Morgan fingerprint density at radius 2 is 2.05 bits per heavy atom. The van der Waals surface area contributed by atoms with Gasteiger partial charge in [-0.15, -0.1) is 11.3 Å². The number of hydrogen-bond acceptors (Lipinski definition) is 3. The van der Waals surface area contributed by atoms with Crippen molar-refractivity contribution in [2.45, 2.75) is 26.1 Å². The molecule has 1 atom stereocenters. The molecule has 1 aromatic carbocycles. The minimum atomic E-state index is -4.33. The average Bonchev–Trinajstić information content (AvgIpc) is 2.83. The fraction of sp³-hybridized carbons (Fsp3) is 0.308. The molecule has 0 spiro atoms. The number of aryl methyl sites for hydroxylation is 1. The van der Waals surface area contributed by atoms with E-state index in [2.05, 4.69) is 10.3 Å². The molecule has 2 aromatic rings. The number of benzene rings is 1. The van der Waals surface area contributed by atoms with E-state index in [0.29, 0.717) is 5.69 Å². The first kappa shape index (κ1) is 13.9. The molecule has 1 N–H and O–H groups in total. The molecular formula is C13H13F3N2S. The molecule has 0 fully saturated rings. The van der Waals surface area contributed by atoms with E-state index in [4.69, 9.17) is 0 Å². The lowest BCUT2D eigenvalue weighted by atomic mass is 10.1. The molecule has 0 amide bonds. The summed E-state index contributed by atoms with van der Waals surface area (Å²) in [7, 11) is 0. The maximum absolute atomic E-state index is 12.8. The predicted molar refractivity (Wildman–Crippen MR) is 70.3 cm³/mol. The number of anilines is 1. The van der Waals surface area contributed by atoms with E-state index in [1.54, 1.807) is 11.6 Å². The molecular weight excluding hydrogens is 273 g/mol. The Morgan fingerprint density at radius 1 is 1.32 bits per heavy atom. The van der Waals surface area contributed by atoms with Gasteiger partial charge in [0.15, 0.2) is 0 Å². The van der Waals surface area contributed by atoms with Crippen LogP contribution in [0.3, 0.4) is 0 Å². The molecule has 6 heteroatoms. The normalized spacial score (nSPS) is 13.3. The molecule has 0 aliphatic carbocycles. The van der Waals surface area contributed by atoms with Crippen LogP contribution in [0.1, 0.15) is 29.8 Å². The van der Waals surface area contributed by atoms with Gasteiger partial charge in [0, 0.05) is 11.1 Å². The highest BCUT2D eigenvalue weighted by Gasteiger charge is 2.32. The number of rotatable bonds is 3. The van der Waals surface area contributed by atoms with Crippen molar-refractivity contribution >= 4 is 17.0 Å². The van der Waals surface area contributed by atoms with Crippen LogP contribution in [0.5, 0.6) is 0 Å². The van der Waals surface area contributed by atoms with Crippen LogP contribution >= 0.6 is 11.3 Å². The molecule has 0 bridgehead atoms. The van der Waals surface area contributed by atoms with Crippen LogP contribution in [0, 0.1) is 6.92 Å². The van der Waals surface area contributed by atoms with Crippen molar-refractivity contribution in [2.75, 3.05) is 5.32 Å². The summed E-state index contributed by atoms with van der Waals surface area (Å²) >= 11 is 1.46. The van der Waals surface area contributed by atoms with E-state index >= 15 is 0 Å². The Bertz CT molecular complexity index is 550. The second-order valence-electron chi connectivity index (χ2n) is 4.31. The number of alkyl halides is 3. The van der Waals surface area contributed by atoms with Gasteiger partial charge in [0.25, 0.3) is 0 Å². The number of halogens is 3. The van der Waals surface area contributed by atoms with Crippen molar-refractivity contribution in [1.29, 1.82) is 0 Å². The van der Waals surface area contributed by atoms with Gasteiger partial charge < -0.3 is 5.32 Å². The third kappa shape index (κ3) is 3.26. The van der Waals surface area contributed by atoms with Crippen molar-refractivity contribution in [3.63, 3.8) is 0 Å². The molecule has 102 valence electrons. The zero-order valence-electron chi connectivity index (χ0n) is 10.5. The molecule has 19 heavy (non-hydrogen) atoms. The van der Waals surface area contributed by atoms with Gasteiger partial charge in [-0.05, 0) is 31.5 Å². The van der Waals surface area contributed by atoms with Crippen LogP contribution < -0.4 is 5.32 Å². The number of nitrogens with one attached hydrogen (secondary N) is 1. The Hall–Kier alpha value is -1.56. The molecule has 0 saturated heterocycles. The Labute approximate surface area is 113 Å². The lowest BCUT2D eigenvalue weighted by Gasteiger charge is -2.16.